The molecule has 2 atom stereocenters. The molecule has 0 spiro atoms. The molecule has 2 rings (SSSR count). The maximum absolute atomic E-state index is 9.80. The fraction of sp³-hybridized carbons (Fsp3) is 0.571. The van der Waals surface area contributed by atoms with Crippen LogP contribution in [-0.4, -0.2) is 24.8 Å². The van der Waals surface area contributed by atoms with Gasteiger partial charge in [0, 0.05) is 5.56 Å². The lowest BCUT2D eigenvalue weighted by Crippen LogP contribution is -3.14. The Morgan fingerprint density at radius 1 is 1.44 bits per heavy atom. The number of nitrogens with one attached hydrogen (secondary N) is 1. The molecule has 18 heavy (non-hydrogen) atoms. The number of likely N-dealkylation sites (tertiary alicyclic amines) is 1. The Kier molecular flexibility index (Phi) is 4.51. The summed E-state index contributed by atoms with van der Waals surface area (Å²) in [6, 6.07) is 4.65. The van der Waals surface area contributed by atoms with Crippen LogP contribution in [0.15, 0.2) is 16.6 Å². The van der Waals surface area contributed by atoms with E-state index in [9.17, 15) is 5.11 Å². The Morgan fingerprint density at radius 3 is 2.89 bits per heavy atom. The van der Waals surface area contributed by atoms with Gasteiger partial charge in [0.2, 0.25) is 0 Å². The second-order valence-corrected chi connectivity index (χ2v) is 5.96. The van der Waals surface area contributed by atoms with Crippen molar-refractivity contribution in [3.8, 4) is 11.5 Å². The molecule has 1 saturated heterocycles. The Hall–Kier alpha value is -0.740. The van der Waals surface area contributed by atoms with Crippen molar-refractivity contribution in [3.63, 3.8) is 0 Å². The average molecular weight is 315 g/mol. The number of benzene rings is 1. The van der Waals surface area contributed by atoms with Gasteiger partial charge in [0.15, 0.2) is 11.5 Å². The molecule has 100 valence electrons. The minimum Gasteiger partial charge on any atom is -0.503 e. The Morgan fingerprint density at radius 2 is 2.22 bits per heavy atom. The molecule has 0 aliphatic carbocycles. The van der Waals surface area contributed by atoms with Crippen molar-refractivity contribution < 1.29 is 14.7 Å². The van der Waals surface area contributed by atoms with Crippen molar-refractivity contribution in [1.29, 1.82) is 0 Å². The van der Waals surface area contributed by atoms with Crippen molar-refractivity contribution in [2.24, 2.45) is 0 Å². The number of halogens is 1. The number of methoxy groups -OCH3 is 1. The molecular formula is C14H21BrNO2+. The minimum atomic E-state index is 0.183. The number of piperidine rings is 1. The van der Waals surface area contributed by atoms with Crippen molar-refractivity contribution in [1.82, 2.24) is 0 Å². The first kappa shape index (κ1) is 13.7. The molecule has 4 heteroatoms. The van der Waals surface area contributed by atoms with Crippen molar-refractivity contribution in [2.75, 3.05) is 13.7 Å². The summed E-state index contributed by atoms with van der Waals surface area (Å²) >= 11 is 3.38. The maximum Gasteiger partial charge on any atom is 0.172 e. The van der Waals surface area contributed by atoms with Crippen LogP contribution in [0.4, 0.5) is 0 Å². The first-order chi connectivity index (χ1) is 8.61. The molecule has 0 aromatic heterocycles. The number of quaternary nitrogens is 1. The molecular weight excluding hydrogens is 294 g/mol. The molecule has 0 radical (unpaired) electrons. The molecule has 1 aromatic carbocycles. The molecule has 0 amide bonds. The summed E-state index contributed by atoms with van der Waals surface area (Å²) in [6.45, 7) is 4.56. The van der Waals surface area contributed by atoms with Crippen LogP contribution in [0.1, 0.15) is 31.7 Å². The van der Waals surface area contributed by atoms with Gasteiger partial charge in [-0.15, -0.1) is 0 Å². The van der Waals surface area contributed by atoms with Crippen LogP contribution in [0, 0.1) is 0 Å². The molecule has 3 nitrogen and oxygen atoms in total. The summed E-state index contributed by atoms with van der Waals surface area (Å²) in [5.41, 5.74) is 1.21. The predicted molar refractivity (Wildman–Crippen MR) is 75.2 cm³/mol. The molecule has 1 aliphatic heterocycles. The number of phenols is 1. The Labute approximate surface area is 117 Å². The van der Waals surface area contributed by atoms with E-state index in [0.29, 0.717) is 10.2 Å². The van der Waals surface area contributed by atoms with Gasteiger partial charge in [-0.05, 0) is 54.2 Å². The van der Waals surface area contributed by atoms with Crippen LogP contribution in [0.5, 0.6) is 11.5 Å². The van der Waals surface area contributed by atoms with Crippen molar-refractivity contribution in [3.05, 3.63) is 22.2 Å². The van der Waals surface area contributed by atoms with E-state index in [-0.39, 0.29) is 5.75 Å². The van der Waals surface area contributed by atoms with Crippen LogP contribution < -0.4 is 9.64 Å². The number of aromatic hydroxyl groups is 1. The highest BCUT2D eigenvalue weighted by molar-refractivity contribution is 9.10. The Balaban J connectivity index is 2.15. The Bertz CT molecular complexity index is 423. The van der Waals surface area contributed by atoms with Crippen LogP contribution in [0.25, 0.3) is 0 Å². The van der Waals surface area contributed by atoms with Crippen LogP contribution in [-0.2, 0) is 6.54 Å². The molecule has 1 unspecified atom stereocenters. The van der Waals surface area contributed by atoms with Gasteiger partial charge in [0.1, 0.15) is 6.54 Å². The lowest BCUT2D eigenvalue weighted by molar-refractivity contribution is -0.941. The van der Waals surface area contributed by atoms with E-state index >= 15 is 0 Å². The monoisotopic (exact) mass is 314 g/mol. The van der Waals surface area contributed by atoms with Crippen LogP contribution in [0.2, 0.25) is 0 Å². The second kappa shape index (κ2) is 5.93. The van der Waals surface area contributed by atoms with E-state index in [1.807, 2.05) is 12.1 Å². The highest BCUT2D eigenvalue weighted by Crippen LogP contribution is 2.34. The van der Waals surface area contributed by atoms with E-state index < -0.39 is 0 Å². The largest absolute Gasteiger partial charge is 0.503 e. The third-order valence-corrected chi connectivity index (χ3v) is 4.43. The minimum absolute atomic E-state index is 0.183. The lowest BCUT2D eigenvalue weighted by atomic mass is 10.0. The van der Waals surface area contributed by atoms with E-state index in [4.69, 9.17) is 4.74 Å². The normalized spacial score (nSPS) is 23.9. The third kappa shape index (κ3) is 2.98. The second-order valence-electron chi connectivity index (χ2n) is 5.11. The van der Waals surface area contributed by atoms with Crippen molar-refractivity contribution >= 4 is 15.9 Å². The molecule has 0 saturated carbocycles. The van der Waals surface area contributed by atoms with Gasteiger partial charge in [-0.1, -0.05) is 0 Å². The zero-order valence-corrected chi connectivity index (χ0v) is 12.6. The number of hydrogen-bond donors (Lipinski definition) is 2. The highest BCUT2D eigenvalue weighted by Gasteiger charge is 2.22. The number of phenolic OH excluding ortho intramolecular Hbond substituents is 1. The summed E-state index contributed by atoms with van der Waals surface area (Å²) in [6.07, 6.45) is 3.98. The first-order valence-corrected chi connectivity index (χ1v) is 7.31. The number of rotatable bonds is 3. The van der Waals surface area contributed by atoms with Gasteiger partial charge in [-0.2, -0.15) is 0 Å². The van der Waals surface area contributed by atoms with Crippen LogP contribution >= 0.6 is 15.9 Å². The van der Waals surface area contributed by atoms with Crippen LogP contribution in [0.3, 0.4) is 0 Å². The fourth-order valence-electron chi connectivity index (χ4n) is 2.66. The quantitative estimate of drug-likeness (QED) is 0.896. The number of hydrogen-bond acceptors (Lipinski definition) is 2. The first-order valence-electron chi connectivity index (χ1n) is 6.51. The van der Waals surface area contributed by atoms with Gasteiger partial charge in [0.05, 0.1) is 24.2 Å². The molecule has 1 fully saturated rings. The summed E-state index contributed by atoms with van der Waals surface area (Å²) in [4.78, 5) is 1.63. The SMILES string of the molecule is COc1cc(C[NH+]2CCCC[C@@H]2C)cc(Br)c1O. The topological polar surface area (TPSA) is 33.9 Å². The summed E-state index contributed by atoms with van der Waals surface area (Å²) < 4.78 is 5.90. The fourth-order valence-corrected chi connectivity index (χ4v) is 3.15. The molecule has 0 bridgehead atoms. The van der Waals surface area contributed by atoms with Gasteiger partial charge in [0.25, 0.3) is 0 Å². The van der Waals surface area contributed by atoms with Gasteiger partial charge < -0.3 is 14.7 Å². The predicted octanol–water partition coefficient (Wildman–Crippen LogP) is 2.12. The summed E-state index contributed by atoms with van der Waals surface area (Å²) in [5, 5.41) is 9.80. The smallest absolute Gasteiger partial charge is 0.172 e. The third-order valence-electron chi connectivity index (χ3n) is 3.82. The van der Waals surface area contributed by atoms with E-state index in [1.165, 1.54) is 31.4 Å². The maximum atomic E-state index is 9.80. The zero-order valence-electron chi connectivity index (χ0n) is 11.0. The summed E-state index contributed by atoms with van der Waals surface area (Å²) in [7, 11) is 1.58. The molecule has 1 aliphatic rings. The van der Waals surface area contributed by atoms with E-state index in [2.05, 4.69) is 22.9 Å². The average Bonchev–Trinajstić information content (AvgIpc) is 2.36. The molecule has 1 heterocycles. The van der Waals surface area contributed by atoms with Gasteiger partial charge in [-0.25, -0.2) is 0 Å². The van der Waals surface area contributed by atoms with Gasteiger partial charge in [-0.3, -0.25) is 0 Å². The zero-order chi connectivity index (χ0) is 13.1. The number of ether oxygens (including phenoxy) is 1. The highest BCUT2D eigenvalue weighted by atomic mass is 79.9. The van der Waals surface area contributed by atoms with E-state index in [0.717, 1.165) is 12.6 Å². The summed E-state index contributed by atoms with van der Waals surface area (Å²) in [5.74, 6) is 0.728. The van der Waals surface area contributed by atoms with E-state index in [1.54, 1.807) is 12.0 Å². The molecule has 2 N–H and O–H groups in total. The standard InChI is InChI=1S/C14H20BrNO2/c1-10-5-3-4-6-16(10)9-11-7-12(15)14(17)13(8-11)18-2/h7-8,10,17H,3-6,9H2,1-2H3/p+1/t10-/m0/s1. The van der Waals surface area contributed by atoms with Gasteiger partial charge >= 0.3 is 0 Å². The van der Waals surface area contributed by atoms with Crippen molar-refractivity contribution in [2.45, 2.75) is 38.8 Å². The lowest BCUT2D eigenvalue weighted by Gasteiger charge is -2.30. The molecule has 1 aromatic rings.